The maximum atomic E-state index is 13.4. The average Bonchev–Trinajstić information content (AvgIpc) is 3.12. The Labute approximate surface area is 189 Å². The van der Waals surface area contributed by atoms with E-state index in [0.717, 1.165) is 23.4 Å². The van der Waals surface area contributed by atoms with Gasteiger partial charge in [0.05, 0.1) is 29.7 Å². The zero-order valence-corrected chi connectivity index (χ0v) is 19.2. The van der Waals surface area contributed by atoms with Gasteiger partial charge in [0, 0.05) is 26.2 Å². The molecule has 0 aliphatic heterocycles. The van der Waals surface area contributed by atoms with Crippen LogP contribution in [0.4, 0.5) is 4.39 Å². The van der Waals surface area contributed by atoms with Crippen LogP contribution in [0.2, 0.25) is 0 Å². The number of rotatable bonds is 11. The van der Waals surface area contributed by atoms with Crippen molar-refractivity contribution in [1.82, 2.24) is 14.7 Å². The number of nitrogens with zero attached hydrogens (tertiary/aromatic N) is 3. The number of para-hydroxylation sites is 1. The Balaban J connectivity index is 2.04. The number of hydrogen-bond acceptors (Lipinski definition) is 5. The maximum Gasteiger partial charge on any atom is 0.227 e. The molecule has 3 aromatic rings. The summed E-state index contributed by atoms with van der Waals surface area (Å²) < 4.78 is 26.6. The highest BCUT2D eigenvalue weighted by atomic mass is 19.1. The van der Waals surface area contributed by atoms with Gasteiger partial charge >= 0.3 is 0 Å². The van der Waals surface area contributed by atoms with Gasteiger partial charge in [0.25, 0.3) is 0 Å². The fourth-order valence-electron chi connectivity index (χ4n) is 3.56. The molecule has 0 spiro atoms. The predicted molar refractivity (Wildman–Crippen MR) is 123 cm³/mol. The molecule has 2 aromatic carbocycles. The van der Waals surface area contributed by atoms with Crippen LogP contribution < -0.4 is 4.74 Å². The zero-order valence-electron chi connectivity index (χ0n) is 19.2. The molecule has 32 heavy (non-hydrogen) atoms. The summed E-state index contributed by atoms with van der Waals surface area (Å²) in [7, 11) is 1.58. The van der Waals surface area contributed by atoms with Crippen LogP contribution in [0.15, 0.2) is 54.6 Å². The molecule has 172 valence electrons. The van der Waals surface area contributed by atoms with Crippen molar-refractivity contribution >= 4 is 0 Å². The first-order valence-corrected chi connectivity index (χ1v) is 10.9. The van der Waals surface area contributed by atoms with Crippen molar-refractivity contribution in [2.45, 2.75) is 45.9 Å². The molecule has 0 radical (unpaired) electrons. The van der Waals surface area contributed by atoms with E-state index in [1.807, 2.05) is 30.3 Å². The standard InChI is InChI=1S/C25H32FN3O3/c1-5-24-23(16-28(18(2)3)15-21(30)17-31-4)25(32-22-13-11-19(26)12-14-22)29(27-24)20-9-7-6-8-10-20/h6-14,18,21,30H,5,15-17H2,1-4H3. The van der Waals surface area contributed by atoms with Gasteiger partial charge in [-0.05, 0) is 56.7 Å². The van der Waals surface area contributed by atoms with Crippen molar-refractivity contribution < 1.29 is 19.0 Å². The van der Waals surface area contributed by atoms with Crippen molar-refractivity contribution in [3.8, 4) is 17.3 Å². The van der Waals surface area contributed by atoms with E-state index >= 15 is 0 Å². The summed E-state index contributed by atoms with van der Waals surface area (Å²) in [6, 6.07) is 15.9. The topological polar surface area (TPSA) is 59.8 Å². The van der Waals surface area contributed by atoms with Gasteiger partial charge in [-0.3, -0.25) is 4.90 Å². The number of benzene rings is 2. The van der Waals surface area contributed by atoms with Gasteiger partial charge in [0.2, 0.25) is 5.88 Å². The first-order valence-electron chi connectivity index (χ1n) is 10.9. The molecule has 0 saturated carbocycles. The second kappa shape index (κ2) is 11.2. The lowest BCUT2D eigenvalue weighted by Crippen LogP contribution is -2.38. The van der Waals surface area contributed by atoms with E-state index in [4.69, 9.17) is 14.6 Å². The normalized spacial score (nSPS) is 12.5. The molecular formula is C25H32FN3O3. The molecule has 1 unspecified atom stereocenters. The van der Waals surface area contributed by atoms with Crippen LogP contribution in [-0.2, 0) is 17.7 Å². The molecule has 0 saturated heterocycles. The van der Waals surface area contributed by atoms with E-state index in [1.54, 1.807) is 23.9 Å². The molecule has 7 heteroatoms. The molecule has 0 amide bonds. The van der Waals surface area contributed by atoms with Crippen molar-refractivity contribution in [2.24, 2.45) is 0 Å². The van der Waals surface area contributed by atoms with Gasteiger partial charge < -0.3 is 14.6 Å². The third kappa shape index (κ3) is 5.94. The van der Waals surface area contributed by atoms with E-state index < -0.39 is 6.10 Å². The van der Waals surface area contributed by atoms with Crippen LogP contribution in [0.5, 0.6) is 11.6 Å². The van der Waals surface area contributed by atoms with Gasteiger partial charge in [-0.25, -0.2) is 9.07 Å². The average molecular weight is 442 g/mol. The Kier molecular flexibility index (Phi) is 8.39. The number of aliphatic hydroxyl groups is 1. The summed E-state index contributed by atoms with van der Waals surface area (Å²) in [5.74, 6) is 0.802. The third-order valence-corrected chi connectivity index (χ3v) is 5.28. The van der Waals surface area contributed by atoms with Crippen LogP contribution >= 0.6 is 0 Å². The minimum absolute atomic E-state index is 0.185. The Morgan fingerprint density at radius 2 is 1.78 bits per heavy atom. The van der Waals surface area contributed by atoms with Crippen molar-refractivity contribution in [3.63, 3.8) is 0 Å². The van der Waals surface area contributed by atoms with E-state index in [1.165, 1.54) is 12.1 Å². The second-order valence-corrected chi connectivity index (χ2v) is 8.02. The minimum Gasteiger partial charge on any atom is -0.439 e. The van der Waals surface area contributed by atoms with Crippen LogP contribution in [0.25, 0.3) is 5.69 Å². The fraction of sp³-hybridized carbons (Fsp3) is 0.400. The number of methoxy groups -OCH3 is 1. The Morgan fingerprint density at radius 3 is 2.38 bits per heavy atom. The van der Waals surface area contributed by atoms with E-state index in [9.17, 15) is 9.50 Å². The summed E-state index contributed by atoms with van der Waals surface area (Å²) >= 11 is 0. The van der Waals surface area contributed by atoms with Crippen LogP contribution in [0.3, 0.4) is 0 Å². The Morgan fingerprint density at radius 1 is 1.09 bits per heavy atom. The molecule has 3 rings (SSSR count). The molecule has 1 aromatic heterocycles. The first kappa shape index (κ1) is 23.9. The number of aryl methyl sites for hydroxylation is 1. The number of ether oxygens (including phenoxy) is 2. The SMILES string of the molecule is CCc1nn(-c2ccccc2)c(Oc2ccc(F)cc2)c1CN(CC(O)COC)C(C)C. The molecule has 0 fully saturated rings. The lowest BCUT2D eigenvalue weighted by Gasteiger charge is -2.28. The predicted octanol–water partition coefficient (Wildman–Crippen LogP) is 4.58. The van der Waals surface area contributed by atoms with Gasteiger partial charge in [0.1, 0.15) is 11.6 Å². The number of aromatic nitrogens is 2. The van der Waals surface area contributed by atoms with E-state index in [-0.39, 0.29) is 18.5 Å². The van der Waals surface area contributed by atoms with Gasteiger partial charge in [-0.2, -0.15) is 5.10 Å². The van der Waals surface area contributed by atoms with Crippen LogP contribution in [0, 0.1) is 5.82 Å². The largest absolute Gasteiger partial charge is 0.439 e. The summed E-state index contributed by atoms with van der Waals surface area (Å²) in [5.41, 5.74) is 2.73. The highest BCUT2D eigenvalue weighted by molar-refractivity contribution is 5.43. The molecular weight excluding hydrogens is 409 g/mol. The molecule has 1 atom stereocenters. The van der Waals surface area contributed by atoms with E-state index in [0.29, 0.717) is 24.7 Å². The summed E-state index contributed by atoms with van der Waals surface area (Å²) in [5, 5.41) is 15.2. The van der Waals surface area contributed by atoms with Crippen molar-refractivity contribution in [2.75, 3.05) is 20.3 Å². The highest BCUT2D eigenvalue weighted by Crippen LogP contribution is 2.32. The molecule has 1 heterocycles. The monoisotopic (exact) mass is 441 g/mol. The lowest BCUT2D eigenvalue weighted by atomic mass is 10.1. The Bertz CT molecular complexity index is 974. The second-order valence-electron chi connectivity index (χ2n) is 8.02. The van der Waals surface area contributed by atoms with Crippen LogP contribution in [-0.4, -0.2) is 52.2 Å². The van der Waals surface area contributed by atoms with Crippen LogP contribution in [0.1, 0.15) is 32.0 Å². The smallest absolute Gasteiger partial charge is 0.227 e. The van der Waals surface area contributed by atoms with Gasteiger partial charge in [0.15, 0.2) is 0 Å². The fourth-order valence-corrected chi connectivity index (χ4v) is 3.56. The quantitative estimate of drug-likeness (QED) is 0.472. The molecule has 6 nitrogen and oxygen atoms in total. The van der Waals surface area contributed by atoms with Crippen molar-refractivity contribution in [3.05, 3.63) is 71.7 Å². The molecule has 0 aliphatic rings. The number of aliphatic hydroxyl groups excluding tert-OH is 1. The number of halogens is 1. The molecule has 1 N–H and O–H groups in total. The van der Waals surface area contributed by atoms with Gasteiger partial charge in [-0.1, -0.05) is 25.1 Å². The first-order chi connectivity index (χ1) is 15.4. The maximum absolute atomic E-state index is 13.4. The summed E-state index contributed by atoms with van der Waals surface area (Å²) in [6.07, 6.45) is 0.125. The summed E-state index contributed by atoms with van der Waals surface area (Å²) in [6.45, 7) is 7.51. The third-order valence-electron chi connectivity index (χ3n) is 5.28. The Hall–Kier alpha value is -2.74. The lowest BCUT2D eigenvalue weighted by molar-refractivity contribution is 0.0277. The van der Waals surface area contributed by atoms with E-state index in [2.05, 4.69) is 25.7 Å². The zero-order chi connectivity index (χ0) is 23.1. The summed E-state index contributed by atoms with van der Waals surface area (Å²) in [4.78, 5) is 2.17. The number of hydrogen-bond donors (Lipinski definition) is 1. The highest BCUT2D eigenvalue weighted by Gasteiger charge is 2.24. The minimum atomic E-state index is -0.599. The van der Waals surface area contributed by atoms with Gasteiger partial charge in [-0.15, -0.1) is 0 Å². The van der Waals surface area contributed by atoms with Crippen molar-refractivity contribution in [1.29, 1.82) is 0 Å². The molecule has 0 aliphatic carbocycles. The molecule has 0 bridgehead atoms.